The van der Waals surface area contributed by atoms with Crippen molar-refractivity contribution in [1.82, 2.24) is 10.2 Å². The van der Waals surface area contributed by atoms with Gasteiger partial charge in [-0.05, 0) is 65.3 Å². The molecule has 0 aliphatic carbocycles. The maximum Gasteiger partial charge on any atom is 0.251 e. The second-order valence-corrected chi connectivity index (χ2v) is 6.60. The van der Waals surface area contributed by atoms with E-state index in [9.17, 15) is 4.79 Å². The monoisotopic (exact) mass is 304 g/mol. The third-order valence-corrected chi connectivity index (χ3v) is 3.99. The lowest BCUT2D eigenvalue weighted by Crippen LogP contribution is -2.49. The summed E-state index contributed by atoms with van der Waals surface area (Å²) >= 11 is 0. The molecule has 1 heterocycles. The largest absolute Gasteiger partial charge is 0.491 e. The van der Waals surface area contributed by atoms with E-state index in [0.29, 0.717) is 11.6 Å². The minimum atomic E-state index is -0.00943. The highest BCUT2D eigenvalue weighted by molar-refractivity contribution is 5.94. The number of carbonyl (C=O) groups excluding carboxylic acids is 1. The number of hydrogen-bond acceptors (Lipinski definition) is 3. The van der Waals surface area contributed by atoms with Crippen LogP contribution in [0.15, 0.2) is 24.3 Å². The quantitative estimate of drug-likeness (QED) is 0.909. The van der Waals surface area contributed by atoms with Crippen molar-refractivity contribution in [2.24, 2.45) is 0 Å². The number of nitrogens with zero attached hydrogens (tertiary/aromatic N) is 1. The van der Waals surface area contributed by atoms with Crippen molar-refractivity contribution in [3.8, 4) is 5.75 Å². The number of benzene rings is 1. The molecule has 1 aromatic carbocycles. The van der Waals surface area contributed by atoms with Gasteiger partial charge in [-0.25, -0.2) is 0 Å². The molecular formula is C18H28N2O2. The molecule has 1 fully saturated rings. The van der Waals surface area contributed by atoms with Crippen molar-refractivity contribution >= 4 is 5.91 Å². The van der Waals surface area contributed by atoms with E-state index in [4.69, 9.17) is 4.74 Å². The highest BCUT2D eigenvalue weighted by Crippen LogP contribution is 2.17. The molecule has 0 radical (unpaired) electrons. The van der Waals surface area contributed by atoms with Crippen LogP contribution in [0, 0.1) is 0 Å². The smallest absolute Gasteiger partial charge is 0.251 e. The van der Waals surface area contributed by atoms with Gasteiger partial charge >= 0.3 is 0 Å². The average molecular weight is 304 g/mol. The number of likely N-dealkylation sites (tertiary alicyclic amines) is 1. The van der Waals surface area contributed by atoms with Crippen LogP contribution in [0.1, 0.15) is 50.9 Å². The Kier molecular flexibility index (Phi) is 5.83. The number of ether oxygens (including phenoxy) is 1. The highest BCUT2D eigenvalue weighted by Gasteiger charge is 2.23. The Morgan fingerprint density at radius 3 is 2.77 bits per heavy atom. The summed E-state index contributed by atoms with van der Waals surface area (Å²) in [4.78, 5) is 14.9. The van der Waals surface area contributed by atoms with Crippen molar-refractivity contribution in [2.45, 2.75) is 58.7 Å². The minimum Gasteiger partial charge on any atom is -0.491 e. The van der Waals surface area contributed by atoms with Crippen LogP contribution in [0.3, 0.4) is 0 Å². The summed E-state index contributed by atoms with van der Waals surface area (Å²) < 4.78 is 5.66. The average Bonchev–Trinajstić information content (AvgIpc) is 2.47. The SMILES string of the molecule is CC(C)Oc1cccc(C(=O)N[C@@H]2CCCN(C(C)C)C2)c1. The Hall–Kier alpha value is -1.55. The summed E-state index contributed by atoms with van der Waals surface area (Å²) in [5.41, 5.74) is 0.667. The molecule has 0 spiro atoms. The van der Waals surface area contributed by atoms with Crippen LogP contribution in [0.25, 0.3) is 0 Å². The molecule has 1 aliphatic rings. The van der Waals surface area contributed by atoms with E-state index in [2.05, 4.69) is 24.1 Å². The maximum atomic E-state index is 12.4. The van der Waals surface area contributed by atoms with E-state index >= 15 is 0 Å². The van der Waals surface area contributed by atoms with Gasteiger partial charge in [-0.2, -0.15) is 0 Å². The van der Waals surface area contributed by atoms with E-state index in [0.717, 1.165) is 31.7 Å². The lowest BCUT2D eigenvalue weighted by Gasteiger charge is -2.35. The summed E-state index contributed by atoms with van der Waals surface area (Å²) in [6.07, 6.45) is 2.30. The minimum absolute atomic E-state index is 0.00943. The fourth-order valence-corrected chi connectivity index (χ4v) is 2.84. The van der Waals surface area contributed by atoms with Gasteiger partial charge in [-0.15, -0.1) is 0 Å². The van der Waals surface area contributed by atoms with Crippen LogP contribution < -0.4 is 10.1 Å². The standard InChI is InChI=1S/C18H28N2O2/c1-13(2)20-10-6-8-16(12-20)19-18(21)15-7-5-9-17(11-15)22-14(3)4/h5,7,9,11,13-14,16H,6,8,10,12H2,1-4H3,(H,19,21)/t16-/m1/s1. The lowest BCUT2D eigenvalue weighted by molar-refractivity contribution is 0.0886. The third-order valence-electron chi connectivity index (χ3n) is 3.99. The molecule has 1 amide bonds. The topological polar surface area (TPSA) is 41.6 Å². The molecule has 1 aliphatic heterocycles. The van der Waals surface area contributed by atoms with Crippen molar-refractivity contribution in [3.05, 3.63) is 29.8 Å². The molecule has 0 bridgehead atoms. The summed E-state index contributed by atoms with van der Waals surface area (Å²) in [7, 11) is 0. The molecule has 1 aromatic rings. The molecule has 1 saturated heterocycles. The number of nitrogens with one attached hydrogen (secondary N) is 1. The van der Waals surface area contributed by atoms with Gasteiger partial charge in [0.1, 0.15) is 5.75 Å². The molecule has 122 valence electrons. The first-order chi connectivity index (χ1) is 10.5. The van der Waals surface area contributed by atoms with Crippen LogP contribution >= 0.6 is 0 Å². The molecule has 0 saturated carbocycles. The summed E-state index contributed by atoms with van der Waals surface area (Å²) in [5.74, 6) is 0.736. The summed E-state index contributed by atoms with van der Waals surface area (Å²) in [6.45, 7) is 10.4. The first-order valence-corrected chi connectivity index (χ1v) is 8.27. The molecule has 0 aromatic heterocycles. The van der Waals surface area contributed by atoms with Crippen LogP contribution in [0.5, 0.6) is 5.75 Å². The Balaban J connectivity index is 1.97. The van der Waals surface area contributed by atoms with E-state index in [1.165, 1.54) is 0 Å². The van der Waals surface area contributed by atoms with Gasteiger partial charge in [0.15, 0.2) is 0 Å². The second kappa shape index (κ2) is 7.63. The number of amides is 1. The predicted octanol–water partition coefficient (Wildman–Crippen LogP) is 3.08. The Bertz CT molecular complexity index is 500. The number of rotatable bonds is 5. The van der Waals surface area contributed by atoms with Crippen LogP contribution in [-0.2, 0) is 0 Å². The van der Waals surface area contributed by atoms with Gasteiger partial charge in [0.2, 0.25) is 0 Å². The maximum absolute atomic E-state index is 12.4. The zero-order valence-corrected chi connectivity index (χ0v) is 14.1. The molecule has 1 N–H and O–H groups in total. The number of hydrogen-bond donors (Lipinski definition) is 1. The van der Waals surface area contributed by atoms with Crippen molar-refractivity contribution < 1.29 is 9.53 Å². The summed E-state index contributed by atoms with van der Waals surface area (Å²) in [6, 6.07) is 8.18. The first-order valence-electron chi connectivity index (χ1n) is 8.27. The van der Waals surface area contributed by atoms with E-state index < -0.39 is 0 Å². The fraction of sp³-hybridized carbons (Fsp3) is 0.611. The zero-order valence-electron chi connectivity index (χ0n) is 14.1. The van der Waals surface area contributed by atoms with E-state index in [1.807, 2.05) is 38.1 Å². The van der Waals surface area contributed by atoms with Gasteiger partial charge in [-0.1, -0.05) is 6.07 Å². The molecule has 1 atom stereocenters. The van der Waals surface area contributed by atoms with Crippen LogP contribution in [0.2, 0.25) is 0 Å². The first kappa shape index (κ1) is 16.8. The van der Waals surface area contributed by atoms with E-state index in [-0.39, 0.29) is 18.1 Å². The molecule has 2 rings (SSSR count). The zero-order chi connectivity index (χ0) is 16.1. The normalized spacial score (nSPS) is 19.5. The van der Waals surface area contributed by atoms with Crippen LogP contribution in [0.4, 0.5) is 0 Å². The van der Waals surface area contributed by atoms with Gasteiger partial charge < -0.3 is 10.1 Å². The van der Waals surface area contributed by atoms with Crippen molar-refractivity contribution in [1.29, 1.82) is 0 Å². The number of carbonyl (C=O) groups is 1. The van der Waals surface area contributed by atoms with E-state index in [1.54, 1.807) is 0 Å². The Labute approximate surface area is 133 Å². The molecular weight excluding hydrogens is 276 g/mol. The third kappa shape index (κ3) is 4.73. The van der Waals surface area contributed by atoms with Gasteiger partial charge in [-0.3, -0.25) is 9.69 Å². The second-order valence-electron chi connectivity index (χ2n) is 6.60. The summed E-state index contributed by atoms with van der Waals surface area (Å²) in [5, 5.41) is 3.16. The van der Waals surface area contributed by atoms with Gasteiger partial charge in [0.25, 0.3) is 5.91 Å². The Morgan fingerprint density at radius 2 is 2.09 bits per heavy atom. The number of piperidine rings is 1. The highest BCUT2D eigenvalue weighted by atomic mass is 16.5. The molecule has 0 unspecified atom stereocenters. The van der Waals surface area contributed by atoms with Gasteiger partial charge in [0.05, 0.1) is 6.10 Å². The Morgan fingerprint density at radius 1 is 1.32 bits per heavy atom. The van der Waals surface area contributed by atoms with Crippen LogP contribution in [-0.4, -0.2) is 42.1 Å². The van der Waals surface area contributed by atoms with Crippen molar-refractivity contribution in [3.63, 3.8) is 0 Å². The predicted molar refractivity (Wildman–Crippen MR) is 89.4 cm³/mol. The molecule has 4 nitrogen and oxygen atoms in total. The lowest BCUT2D eigenvalue weighted by atomic mass is 10.0. The van der Waals surface area contributed by atoms with Gasteiger partial charge in [0, 0.05) is 24.2 Å². The van der Waals surface area contributed by atoms with Crippen molar-refractivity contribution in [2.75, 3.05) is 13.1 Å². The molecule has 4 heteroatoms. The molecule has 22 heavy (non-hydrogen) atoms. The fourth-order valence-electron chi connectivity index (χ4n) is 2.84.